The van der Waals surface area contributed by atoms with Crippen molar-refractivity contribution < 1.29 is 4.57 Å². The minimum Gasteiger partial charge on any atom is -0.296 e. The molecule has 6 nitrogen and oxygen atoms in total. The first-order valence-electron chi connectivity index (χ1n) is 9.55. The molecule has 140 valence electrons. The molecule has 4 aromatic rings. The molecule has 0 aliphatic carbocycles. The molecule has 0 bridgehead atoms. The zero-order chi connectivity index (χ0) is 19.3. The van der Waals surface area contributed by atoms with Crippen molar-refractivity contribution in [2.75, 3.05) is 0 Å². The van der Waals surface area contributed by atoms with Crippen molar-refractivity contribution in [1.29, 1.82) is 0 Å². The number of imidazole rings is 1. The van der Waals surface area contributed by atoms with Gasteiger partial charge in [-0.2, -0.15) is 0 Å². The molecule has 1 aliphatic heterocycles. The summed E-state index contributed by atoms with van der Waals surface area (Å²) >= 11 is 0. The minimum absolute atomic E-state index is 0.0642. The van der Waals surface area contributed by atoms with Crippen LogP contribution in [0.2, 0.25) is 0 Å². The topological polar surface area (TPSA) is 67.5 Å². The Morgan fingerprint density at radius 3 is 2.93 bits per heavy atom. The van der Waals surface area contributed by atoms with Gasteiger partial charge in [0, 0.05) is 24.6 Å². The summed E-state index contributed by atoms with van der Waals surface area (Å²) in [5.41, 5.74) is 2.90. The number of pyridine rings is 1. The van der Waals surface area contributed by atoms with Gasteiger partial charge in [-0.25, -0.2) is 9.55 Å². The summed E-state index contributed by atoms with van der Waals surface area (Å²) < 4.78 is 3.80. The third-order valence-electron chi connectivity index (χ3n) is 5.50. The van der Waals surface area contributed by atoms with Crippen LogP contribution in [0.25, 0.3) is 28.0 Å². The second-order valence-electron chi connectivity index (χ2n) is 8.23. The molecule has 0 saturated heterocycles. The van der Waals surface area contributed by atoms with Crippen LogP contribution in [0.5, 0.6) is 0 Å². The maximum atomic E-state index is 13.0. The SMILES string of the molecule is CC1(C)CCc2nc3cc(-c4c[n+](-c5ccccn5)c[nH]4)ccc3c(=O)n2C1. The molecule has 0 atom stereocenters. The molecule has 0 radical (unpaired) electrons. The van der Waals surface area contributed by atoms with Gasteiger partial charge in [0.1, 0.15) is 23.9 Å². The summed E-state index contributed by atoms with van der Waals surface area (Å²) in [5, 5.41) is 0.675. The molecule has 3 aromatic heterocycles. The summed E-state index contributed by atoms with van der Waals surface area (Å²) in [6.07, 6.45) is 7.53. The van der Waals surface area contributed by atoms with Crippen LogP contribution in [0.1, 0.15) is 26.1 Å². The quantitative estimate of drug-likeness (QED) is 0.550. The van der Waals surface area contributed by atoms with Crippen LogP contribution in [0.15, 0.2) is 59.9 Å². The Kier molecular flexibility index (Phi) is 3.69. The molecular weight excluding hydrogens is 350 g/mol. The number of aromatic amines is 1. The Hall–Kier alpha value is -3.28. The van der Waals surface area contributed by atoms with Crippen molar-refractivity contribution in [1.82, 2.24) is 19.5 Å². The van der Waals surface area contributed by atoms with Gasteiger partial charge in [-0.05, 0) is 30.0 Å². The predicted octanol–water partition coefficient (Wildman–Crippen LogP) is 3.04. The first-order valence-corrected chi connectivity index (χ1v) is 9.55. The maximum Gasteiger partial charge on any atom is 0.266 e. The number of rotatable bonds is 2. The van der Waals surface area contributed by atoms with E-state index in [0.717, 1.165) is 47.8 Å². The number of nitrogens with one attached hydrogen (secondary N) is 1. The minimum atomic E-state index is 0.0642. The zero-order valence-electron chi connectivity index (χ0n) is 16.0. The average molecular weight is 372 g/mol. The van der Waals surface area contributed by atoms with Gasteiger partial charge < -0.3 is 0 Å². The molecule has 4 heterocycles. The third kappa shape index (κ3) is 2.81. The highest BCUT2D eigenvalue weighted by Crippen LogP contribution is 2.30. The lowest BCUT2D eigenvalue weighted by Gasteiger charge is -2.31. The van der Waals surface area contributed by atoms with Crippen molar-refractivity contribution in [3.8, 4) is 17.1 Å². The van der Waals surface area contributed by atoms with E-state index in [4.69, 9.17) is 4.98 Å². The van der Waals surface area contributed by atoms with Crippen molar-refractivity contribution in [3.05, 3.63) is 71.3 Å². The lowest BCUT2D eigenvalue weighted by Crippen LogP contribution is -2.36. The van der Waals surface area contributed by atoms with E-state index in [1.807, 2.05) is 58.1 Å². The van der Waals surface area contributed by atoms with Gasteiger partial charge in [-0.3, -0.25) is 14.3 Å². The molecule has 0 fully saturated rings. The van der Waals surface area contributed by atoms with E-state index in [2.05, 4.69) is 23.8 Å². The Bertz CT molecular complexity index is 1240. The number of nitrogens with zero attached hydrogens (tertiary/aromatic N) is 4. The molecule has 1 aliphatic rings. The number of aromatic nitrogens is 5. The molecular formula is C22H22N5O+. The highest BCUT2D eigenvalue weighted by atomic mass is 16.1. The number of benzene rings is 1. The van der Waals surface area contributed by atoms with E-state index < -0.39 is 0 Å². The molecule has 0 amide bonds. The molecule has 0 spiro atoms. The zero-order valence-corrected chi connectivity index (χ0v) is 16.0. The highest BCUT2D eigenvalue weighted by Gasteiger charge is 2.27. The number of hydrogen-bond acceptors (Lipinski definition) is 3. The van der Waals surface area contributed by atoms with E-state index in [9.17, 15) is 4.79 Å². The number of aryl methyl sites for hydroxylation is 1. The maximum absolute atomic E-state index is 13.0. The Labute approximate surface area is 162 Å². The second-order valence-corrected chi connectivity index (χ2v) is 8.23. The fraction of sp³-hybridized carbons (Fsp3) is 0.273. The number of fused-ring (bicyclic) bond motifs is 2. The second kappa shape index (κ2) is 6.12. The van der Waals surface area contributed by atoms with E-state index in [-0.39, 0.29) is 11.0 Å². The van der Waals surface area contributed by atoms with Crippen LogP contribution >= 0.6 is 0 Å². The van der Waals surface area contributed by atoms with E-state index in [1.165, 1.54) is 0 Å². The van der Waals surface area contributed by atoms with Crippen molar-refractivity contribution in [3.63, 3.8) is 0 Å². The van der Waals surface area contributed by atoms with Crippen molar-refractivity contribution in [2.24, 2.45) is 5.41 Å². The van der Waals surface area contributed by atoms with Crippen LogP contribution in [-0.2, 0) is 13.0 Å². The largest absolute Gasteiger partial charge is 0.296 e. The summed E-state index contributed by atoms with van der Waals surface area (Å²) in [7, 11) is 0. The van der Waals surface area contributed by atoms with Crippen LogP contribution in [0, 0.1) is 5.41 Å². The number of hydrogen-bond donors (Lipinski definition) is 1. The van der Waals surface area contributed by atoms with Crippen molar-refractivity contribution >= 4 is 10.9 Å². The molecule has 5 rings (SSSR count). The van der Waals surface area contributed by atoms with Gasteiger partial charge in [-0.15, -0.1) is 4.98 Å². The number of H-pyrrole nitrogens is 1. The monoisotopic (exact) mass is 372 g/mol. The molecule has 1 aromatic carbocycles. The van der Waals surface area contributed by atoms with Crippen LogP contribution in [-0.4, -0.2) is 19.5 Å². The molecule has 1 N–H and O–H groups in total. The lowest BCUT2D eigenvalue weighted by atomic mass is 9.85. The van der Waals surface area contributed by atoms with E-state index in [1.54, 1.807) is 6.20 Å². The van der Waals surface area contributed by atoms with E-state index >= 15 is 0 Å². The Balaban J connectivity index is 1.58. The lowest BCUT2D eigenvalue weighted by molar-refractivity contribution is -0.597. The average Bonchev–Trinajstić information content (AvgIpc) is 3.19. The van der Waals surface area contributed by atoms with E-state index in [0.29, 0.717) is 5.39 Å². The summed E-state index contributed by atoms with van der Waals surface area (Å²) in [6, 6.07) is 11.7. The van der Waals surface area contributed by atoms with Gasteiger partial charge in [0.25, 0.3) is 11.4 Å². The van der Waals surface area contributed by atoms with Gasteiger partial charge in [-0.1, -0.05) is 26.0 Å². The first kappa shape index (κ1) is 16.9. The third-order valence-corrected chi connectivity index (χ3v) is 5.50. The van der Waals surface area contributed by atoms with Gasteiger partial charge in [0.2, 0.25) is 0 Å². The van der Waals surface area contributed by atoms with Gasteiger partial charge in [0.05, 0.1) is 10.9 Å². The molecule has 0 saturated carbocycles. The summed E-state index contributed by atoms with van der Waals surface area (Å²) in [5.74, 6) is 1.74. The summed E-state index contributed by atoms with van der Waals surface area (Å²) in [4.78, 5) is 25.5. The molecule has 6 heteroatoms. The smallest absolute Gasteiger partial charge is 0.266 e. The van der Waals surface area contributed by atoms with Crippen LogP contribution in [0.4, 0.5) is 0 Å². The fourth-order valence-electron chi connectivity index (χ4n) is 3.90. The molecule has 0 unspecified atom stereocenters. The van der Waals surface area contributed by atoms with Crippen LogP contribution in [0.3, 0.4) is 0 Å². The summed E-state index contributed by atoms with van der Waals surface area (Å²) in [6.45, 7) is 5.14. The predicted molar refractivity (Wildman–Crippen MR) is 107 cm³/mol. The molecule has 28 heavy (non-hydrogen) atoms. The normalized spacial score (nSPS) is 15.5. The fourth-order valence-corrected chi connectivity index (χ4v) is 3.90. The Morgan fingerprint density at radius 2 is 2.11 bits per heavy atom. The van der Waals surface area contributed by atoms with Crippen molar-refractivity contribution in [2.45, 2.75) is 33.2 Å². The Morgan fingerprint density at radius 1 is 1.21 bits per heavy atom. The van der Waals surface area contributed by atoms with Gasteiger partial charge in [0.15, 0.2) is 6.33 Å². The highest BCUT2D eigenvalue weighted by molar-refractivity contribution is 5.82. The van der Waals surface area contributed by atoms with Gasteiger partial charge >= 0.3 is 0 Å². The van der Waals surface area contributed by atoms with Crippen LogP contribution < -0.4 is 10.1 Å². The first-order chi connectivity index (χ1) is 13.5. The standard InChI is InChI=1S/C22H21N5O/c1-22(2)9-8-20-25-17-11-15(6-7-16(17)21(28)27(20)13-22)18-12-26(14-24-18)19-5-3-4-10-23-19/h3-7,10-12,14H,8-9,13H2,1-2H3/p+1.